The van der Waals surface area contributed by atoms with Crippen LogP contribution in [0.5, 0.6) is 17.2 Å². The molecule has 3 aromatic carbocycles. The van der Waals surface area contributed by atoms with Crippen LogP contribution in [0.25, 0.3) is 28.2 Å². The highest BCUT2D eigenvalue weighted by Gasteiger charge is 2.21. The van der Waals surface area contributed by atoms with Crippen LogP contribution >= 0.6 is 11.6 Å². The van der Waals surface area contributed by atoms with E-state index in [1.807, 2.05) is 72.8 Å². The first-order chi connectivity index (χ1) is 19.4. The highest BCUT2D eigenvalue weighted by Crippen LogP contribution is 2.31. The third-order valence-electron chi connectivity index (χ3n) is 6.70. The van der Waals surface area contributed by atoms with Crippen molar-refractivity contribution in [2.45, 2.75) is 6.42 Å². The Hall–Kier alpha value is -4.56. The summed E-state index contributed by atoms with van der Waals surface area (Å²) in [6.07, 6.45) is 0.630. The van der Waals surface area contributed by atoms with E-state index in [1.165, 1.54) is 0 Å². The molecule has 0 unspecified atom stereocenters. The Morgan fingerprint density at radius 3 is 2.30 bits per heavy atom. The van der Waals surface area contributed by atoms with E-state index in [1.54, 1.807) is 43.9 Å². The van der Waals surface area contributed by atoms with Gasteiger partial charge in [0.2, 0.25) is 0 Å². The number of carbonyl (C=O) groups excluding carboxylic acids is 1. The van der Waals surface area contributed by atoms with Gasteiger partial charge in [-0.3, -0.25) is 4.79 Å². The van der Waals surface area contributed by atoms with E-state index in [0.717, 1.165) is 16.7 Å². The number of benzene rings is 3. The molecule has 5 rings (SSSR count). The molecule has 0 spiro atoms. The Morgan fingerprint density at radius 1 is 0.850 bits per heavy atom. The van der Waals surface area contributed by atoms with Crippen LogP contribution in [0, 0.1) is 0 Å². The first-order valence-electron chi connectivity index (χ1n) is 12.7. The zero-order valence-corrected chi connectivity index (χ0v) is 23.5. The first-order valence-corrected chi connectivity index (χ1v) is 13.1. The molecule has 0 radical (unpaired) electrons. The number of amides is 1. The predicted octanol–water partition coefficient (Wildman–Crippen LogP) is 6.06. The third-order valence-corrected chi connectivity index (χ3v) is 6.95. The van der Waals surface area contributed by atoms with E-state index in [2.05, 4.69) is 0 Å². The summed E-state index contributed by atoms with van der Waals surface area (Å²) in [5.41, 5.74) is 4.91. The summed E-state index contributed by atoms with van der Waals surface area (Å²) in [6, 6.07) is 24.4. The van der Waals surface area contributed by atoms with Crippen molar-refractivity contribution in [2.24, 2.45) is 0 Å². The largest absolute Gasteiger partial charge is 0.496 e. The second kappa shape index (κ2) is 11.7. The van der Waals surface area contributed by atoms with E-state index in [0.29, 0.717) is 58.0 Å². The van der Waals surface area contributed by atoms with E-state index >= 15 is 0 Å². The molecular weight excluding hydrogens is 528 g/mol. The highest BCUT2D eigenvalue weighted by atomic mass is 35.5. The summed E-state index contributed by atoms with van der Waals surface area (Å²) in [5.74, 6) is 1.79. The van der Waals surface area contributed by atoms with Crippen molar-refractivity contribution in [2.75, 3.05) is 34.9 Å². The molecule has 1 amide bonds. The summed E-state index contributed by atoms with van der Waals surface area (Å²) in [6.45, 7) is 0.480. The molecule has 8 nitrogen and oxygen atoms in total. The van der Waals surface area contributed by atoms with E-state index in [9.17, 15) is 4.79 Å². The zero-order chi connectivity index (χ0) is 28.2. The molecule has 5 aromatic rings. The van der Waals surface area contributed by atoms with Gasteiger partial charge in [-0.05, 0) is 54.4 Å². The minimum atomic E-state index is -0.185. The van der Waals surface area contributed by atoms with E-state index in [-0.39, 0.29) is 5.91 Å². The fourth-order valence-electron chi connectivity index (χ4n) is 4.51. The maximum atomic E-state index is 13.9. The van der Waals surface area contributed by atoms with Crippen LogP contribution < -0.4 is 14.2 Å². The molecule has 0 saturated heterocycles. The van der Waals surface area contributed by atoms with Gasteiger partial charge in [0.25, 0.3) is 5.91 Å². The molecule has 0 saturated carbocycles. The van der Waals surface area contributed by atoms with Crippen molar-refractivity contribution in [1.82, 2.24) is 19.5 Å². The lowest BCUT2D eigenvalue weighted by Gasteiger charge is -2.19. The highest BCUT2D eigenvalue weighted by molar-refractivity contribution is 6.30. The van der Waals surface area contributed by atoms with Gasteiger partial charge in [-0.25, -0.2) is 9.50 Å². The van der Waals surface area contributed by atoms with Crippen molar-refractivity contribution < 1.29 is 19.0 Å². The second-order valence-electron chi connectivity index (χ2n) is 9.20. The molecule has 2 aromatic heterocycles. The quantitative estimate of drug-likeness (QED) is 0.220. The monoisotopic (exact) mass is 556 g/mol. The van der Waals surface area contributed by atoms with Gasteiger partial charge in [0, 0.05) is 35.8 Å². The van der Waals surface area contributed by atoms with Crippen molar-refractivity contribution in [3.05, 3.63) is 95.1 Å². The van der Waals surface area contributed by atoms with Crippen LogP contribution in [0.2, 0.25) is 5.02 Å². The second-order valence-corrected chi connectivity index (χ2v) is 9.64. The molecule has 2 heterocycles. The van der Waals surface area contributed by atoms with E-state index < -0.39 is 0 Å². The predicted molar refractivity (Wildman–Crippen MR) is 156 cm³/mol. The lowest BCUT2D eigenvalue weighted by molar-refractivity contribution is 0.0788. The Bertz CT molecular complexity index is 1670. The van der Waals surface area contributed by atoms with Crippen molar-refractivity contribution in [1.29, 1.82) is 0 Å². The van der Waals surface area contributed by atoms with Crippen LogP contribution in [0.3, 0.4) is 0 Å². The lowest BCUT2D eigenvalue weighted by Crippen LogP contribution is -2.30. The molecule has 204 valence electrons. The number of fused-ring (bicyclic) bond motifs is 1. The van der Waals surface area contributed by atoms with E-state index in [4.69, 9.17) is 35.9 Å². The van der Waals surface area contributed by atoms with Gasteiger partial charge in [-0.1, -0.05) is 41.9 Å². The standard InChI is InChI=1S/C31H29ClN4O4/c1-35(16-15-20-9-14-28(39-3)29(17-20)40-4)31(37)26-18-25(23-7-5-6-8-27(23)38-2)33-30-19-24(34-36(26)30)21-10-12-22(32)13-11-21/h5-14,17-19H,15-16H2,1-4H3. The molecule has 0 bridgehead atoms. The molecule has 0 aliphatic rings. The SMILES string of the molecule is COc1ccc(CCN(C)C(=O)c2cc(-c3ccccc3OC)nc3cc(-c4ccc(Cl)cc4)nn23)cc1OC. The number of likely N-dealkylation sites (N-methyl/N-ethyl adjacent to an activating group) is 1. The van der Waals surface area contributed by atoms with Crippen LogP contribution in [0.4, 0.5) is 0 Å². The molecule has 9 heteroatoms. The Kier molecular flexibility index (Phi) is 7.89. The molecule has 0 atom stereocenters. The fraction of sp³-hybridized carbons (Fsp3) is 0.194. The average Bonchev–Trinajstić information content (AvgIpc) is 3.43. The molecular formula is C31H29ClN4O4. The van der Waals surface area contributed by atoms with Crippen molar-refractivity contribution in [3.8, 4) is 39.8 Å². The number of hydrogen-bond acceptors (Lipinski definition) is 6. The topological polar surface area (TPSA) is 78.2 Å². The number of carbonyl (C=O) groups is 1. The Balaban J connectivity index is 1.52. The van der Waals surface area contributed by atoms with Crippen molar-refractivity contribution >= 4 is 23.2 Å². The summed E-state index contributed by atoms with van der Waals surface area (Å²) in [5, 5.41) is 5.39. The number of aromatic nitrogens is 3. The Morgan fingerprint density at radius 2 is 1.57 bits per heavy atom. The fourth-order valence-corrected chi connectivity index (χ4v) is 4.64. The molecule has 0 N–H and O–H groups in total. The Labute approximate surface area is 237 Å². The maximum absolute atomic E-state index is 13.9. The smallest absolute Gasteiger partial charge is 0.272 e. The average molecular weight is 557 g/mol. The number of rotatable bonds is 9. The summed E-state index contributed by atoms with van der Waals surface area (Å²) < 4.78 is 17.9. The molecule has 0 aliphatic heterocycles. The number of ether oxygens (including phenoxy) is 3. The molecule has 40 heavy (non-hydrogen) atoms. The maximum Gasteiger partial charge on any atom is 0.272 e. The minimum absolute atomic E-state index is 0.185. The lowest BCUT2D eigenvalue weighted by atomic mass is 10.1. The summed E-state index contributed by atoms with van der Waals surface area (Å²) in [4.78, 5) is 20.4. The number of nitrogens with zero attached hydrogens (tertiary/aromatic N) is 4. The van der Waals surface area contributed by atoms with Gasteiger partial charge in [-0.2, -0.15) is 5.10 Å². The van der Waals surface area contributed by atoms with Crippen LogP contribution in [0.1, 0.15) is 16.1 Å². The minimum Gasteiger partial charge on any atom is -0.496 e. The first kappa shape index (κ1) is 27.0. The van der Waals surface area contributed by atoms with Crippen LogP contribution in [-0.4, -0.2) is 60.3 Å². The number of para-hydroxylation sites is 1. The van der Waals surface area contributed by atoms with Gasteiger partial charge in [0.05, 0.1) is 32.7 Å². The molecule has 0 fully saturated rings. The van der Waals surface area contributed by atoms with Crippen molar-refractivity contribution in [3.63, 3.8) is 0 Å². The third kappa shape index (κ3) is 5.44. The molecule has 0 aliphatic carbocycles. The van der Waals surface area contributed by atoms with Crippen LogP contribution in [-0.2, 0) is 6.42 Å². The van der Waals surface area contributed by atoms with Gasteiger partial charge in [0.15, 0.2) is 17.1 Å². The summed E-state index contributed by atoms with van der Waals surface area (Å²) in [7, 11) is 6.60. The van der Waals surface area contributed by atoms with Gasteiger partial charge in [-0.15, -0.1) is 0 Å². The van der Waals surface area contributed by atoms with Gasteiger partial charge < -0.3 is 19.1 Å². The normalized spacial score (nSPS) is 10.9. The zero-order valence-electron chi connectivity index (χ0n) is 22.7. The number of methoxy groups -OCH3 is 3. The number of halogens is 1. The van der Waals surface area contributed by atoms with Gasteiger partial charge >= 0.3 is 0 Å². The van der Waals surface area contributed by atoms with Gasteiger partial charge in [0.1, 0.15) is 11.4 Å². The number of hydrogen-bond donors (Lipinski definition) is 0. The summed E-state index contributed by atoms with van der Waals surface area (Å²) >= 11 is 6.09. The van der Waals surface area contributed by atoms with Crippen LogP contribution in [0.15, 0.2) is 78.9 Å².